The van der Waals surface area contributed by atoms with Gasteiger partial charge in [0, 0.05) is 31.9 Å². The Morgan fingerprint density at radius 1 is 1.33 bits per heavy atom. The smallest absolute Gasteiger partial charge is 0.240 e. The van der Waals surface area contributed by atoms with Crippen LogP contribution >= 0.6 is 0 Å². The summed E-state index contributed by atoms with van der Waals surface area (Å²) in [5, 5.41) is 11.5. The molecule has 0 saturated carbocycles. The molecule has 1 unspecified atom stereocenters. The zero-order chi connectivity index (χ0) is 16.9. The summed E-state index contributed by atoms with van der Waals surface area (Å²) in [6, 6.07) is 1.86. The second-order valence-corrected chi connectivity index (χ2v) is 5.58. The average Bonchev–Trinajstić information content (AvgIpc) is 3.23. The number of morpholine rings is 1. The van der Waals surface area contributed by atoms with Gasteiger partial charge < -0.3 is 14.8 Å². The minimum atomic E-state index is 0.425. The maximum atomic E-state index is 5.26. The highest BCUT2D eigenvalue weighted by atomic mass is 16.5. The molecule has 0 bridgehead atoms. The van der Waals surface area contributed by atoms with Gasteiger partial charge in [0.25, 0.3) is 0 Å². The molecule has 0 aliphatic carbocycles. The first-order valence-corrected chi connectivity index (χ1v) is 7.87. The number of rotatable bonds is 2. The largest absolute Gasteiger partial charge is 0.479 e. The van der Waals surface area contributed by atoms with E-state index in [0.717, 1.165) is 36.5 Å². The molecule has 0 spiro atoms. The molecule has 1 aliphatic rings. The SMILES string of the molecule is CC1CNCCO1.COc1nc(-c2cnn(C)c2)cn2nccc12. The van der Waals surface area contributed by atoms with E-state index in [0.29, 0.717) is 12.0 Å². The summed E-state index contributed by atoms with van der Waals surface area (Å²) >= 11 is 0. The summed E-state index contributed by atoms with van der Waals surface area (Å²) in [6.45, 7) is 4.98. The lowest BCUT2D eigenvalue weighted by atomic mass is 10.3. The standard InChI is InChI=1S/C11H11N5O.C5H11NO/c1-15-6-8(5-13-15)9-7-16-10(3-4-12-16)11(14-9)17-2;1-5-4-6-2-3-7-5/h3-7H,1-2H3;5-6H,2-4H2,1H3. The Labute approximate surface area is 140 Å². The lowest BCUT2D eigenvalue weighted by Gasteiger charge is -2.18. The third-order valence-corrected chi connectivity index (χ3v) is 3.66. The highest BCUT2D eigenvalue weighted by molar-refractivity contribution is 5.63. The van der Waals surface area contributed by atoms with Crippen LogP contribution in [0.3, 0.4) is 0 Å². The first-order valence-electron chi connectivity index (χ1n) is 7.87. The molecule has 1 N–H and O–H groups in total. The Kier molecular flexibility index (Phi) is 5.07. The normalized spacial score (nSPS) is 17.4. The van der Waals surface area contributed by atoms with Crippen molar-refractivity contribution in [2.24, 2.45) is 7.05 Å². The van der Waals surface area contributed by atoms with Crippen molar-refractivity contribution >= 4 is 5.52 Å². The van der Waals surface area contributed by atoms with Gasteiger partial charge in [-0.1, -0.05) is 0 Å². The molecule has 0 aromatic carbocycles. The zero-order valence-electron chi connectivity index (χ0n) is 14.1. The number of hydrogen-bond acceptors (Lipinski definition) is 6. The molecular weight excluding hydrogens is 308 g/mol. The van der Waals surface area contributed by atoms with Gasteiger partial charge in [-0.2, -0.15) is 10.2 Å². The summed E-state index contributed by atoms with van der Waals surface area (Å²) in [4.78, 5) is 4.44. The first kappa shape index (κ1) is 16.4. The van der Waals surface area contributed by atoms with E-state index in [2.05, 4.69) is 27.4 Å². The molecule has 1 saturated heterocycles. The van der Waals surface area contributed by atoms with Crippen molar-refractivity contribution in [2.45, 2.75) is 13.0 Å². The van der Waals surface area contributed by atoms with Crippen molar-refractivity contribution in [3.8, 4) is 17.1 Å². The van der Waals surface area contributed by atoms with Crippen molar-refractivity contribution in [2.75, 3.05) is 26.8 Å². The number of hydrogen-bond donors (Lipinski definition) is 1. The van der Waals surface area contributed by atoms with Crippen molar-refractivity contribution in [1.82, 2.24) is 29.7 Å². The molecule has 8 heteroatoms. The summed E-state index contributed by atoms with van der Waals surface area (Å²) in [7, 11) is 3.47. The molecule has 0 amide bonds. The highest BCUT2D eigenvalue weighted by Gasteiger charge is 2.09. The predicted octanol–water partition coefficient (Wildman–Crippen LogP) is 1.13. The quantitative estimate of drug-likeness (QED) is 0.759. The van der Waals surface area contributed by atoms with Gasteiger partial charge in [-0.05, 0) is 13.0 Å². The summed E-state index contributed by atoms with van der Waals surface area (Å²) in [5.74, 6) is 0.559. The Morgan fingerprint density at radius 2 is 2.21 bits per heavy atom. The molecule has 4 heterocycles. The second-order valence-electron chi connectivity index (χ2n) is 5.58. The molecule has 0 radical (unpaired) electrons. The van der Waals surface area contributed by atoms with E-state index in [9.17, 15) is 0 Å². The number of nitrogens with zero attached hydrogens (tertiary/aromatic N) is 5. The van der Waals surface area contributed by atoms with Crippen molar-refractivity contribution < 1.29 is 9.47 Å². The third-order valence-electron chi connectivity index (χ3n) is 3.66. The fourth-order valence-electron chi connectivity index (χ4n) is 2.44. The van der Waals surface area contributed by atoms with Crippen LogP contribution in [0.4, 0.5) is 0 Å². The minimum absolute atomic E-state index is 0.425. The lowest BCUT2D eigenvalue weighted by Crippen LogP contribution is -2.36. The number of aryl methyl sites for hydroxylation is 1. The summed E-state index contributed by atoms with van der Waals surface area (Å²) in [5.41, 5.74) is 2.56. The van der Waals surface area contributed by atoms with Gasteiger partial charge in [0.1, 0.15) is 5.52 Å². The van der Waals surface area contributed by atoms with E-state index < -0.39 is 0 Å². The fraction of sp³-hybridized carbons (Fsp3) is 0.438. The third kappa shape index (κ3) is 3.72. The van der Waals surface area contributed by atoms with E-state index in [-0.39, 0.29) is 0 Å². The van der Waals surface area contributed by atoms with Crippen molar-refractivity contribution in [1.29, 1.82) is 0 Å². The molecule has 4 rings (SSSR count). The summed E-state index contributed by atoms with van der Waals surface area (Å²) < 4.78 is 13.9. The Hall–Kier alpha value is -2.45. The number of methoxy groups -OCH3 is 1. The van der Waals surface area contributed by atoms with Gasteiger partial charge in [-0.25, -0.2) is 9.50 Å². The highest BCUT2D eigenvalue weighted by Crippen LogP contribution is 2.22. The molecule has 1 atom stereocenters. The van der Waals surface area contributed by atoms with Crippen molar-refractivity contribution in [3.63, 3.8) is 0 Å². The average molecular weight is 330 g/mol. The van der Waals surface area contributed by atoms with E-state index in [4.69, 9.17) is 9.47 Å². The van der Waals surface area contributed by atoms with Crippen LogP contribution in [0.1, 0.15) is 6.92 Å². The van der Waals surface area contributed by atoms with Crippen LogP contribution in [-0.4, -0.2) is 57.3 Å². The molecule has 3 aromatic rings. The monoisotopic (exact) mass is 330 g/mol. The van der Waals surface area contributed by atoms with E-state index >= 15 is 0 Å². The second kappa shape index (κ2) is 7.41. The van der Waals surface area contributed by atoms with Crippen LogP contribution in [0.2, 0.25) is 0 Å². The van der Waals surface area contributed by atoms with E-state index in [1.807, 2.05) is 25.5 Å². The molecule has 3 aromatic heterocycles. The van der Waals surface area contributed by atoms with Crippen LogP contribution in [0.15, 0.2) is 30.9 Å². The van der Waals surface area contributed by atoms with Gasteiger partial charge in [0.2, 0.25) is 5.88 Å². The van der Waals surface area contributed by atoms with E-state index in [1.165, 1.54) is 0 Å². The van der Waals surface area contributed by atoms with Crippen LogP contribution in [0.25, 0.3) is 16.8 Å². The van der Waals surface area contributed by atoms with Crippen molar-refractivity contribution in [3.05, 3.63) is 30.9 Å². The Morgan fingerprint density at radius 3 is 2.79 bits per heavy atom. The number of aromatic nitrogens is 5. The molecule has 1 fully saturated rings. The minimum Gasteiger partial charge on any atom is -0.479 e. The predicted molar refractivity (Wildman–Crippen MR) is 90.0 cm³/mol. The molecular formula is C16H22N6O2. The maximum absolute atomic E-state index is 5.26. The maximum Gasteiger partial charge on any atom is 0.240 e. The number of nitrogens with one attached hydrogen (secondary N) is 1. The summed E-state index contributed by atoms with van der Waals surface area (Å²) in [6.07, 6.45) is 7.66. The zero-order valence-corrected chi connectivity index (χ0v) is 14.1. The van der Waals surface area contributed by atoms with Gasteiger partial charge in [0.05, 0.1) is 44.1 Å². The number of ether oxygens (including phenoxy) is 2. The van der Waals surface area contributed by atoms with Crippen LogP contribution < -0.4 is 10.1 Å². The molecule has 24 heavy (non-hydrogen) atoms. The van der Waals surface area contributed by atoms with E-state index in [1.54, 1.807) is 28.7 Å². The lowest BCUT2D eigenvalue weighted by molar-refractivity contribution is 0.0410. The molecule has 1 aliphatic heterocycles. The Bertz CT molecular complexity index is 791. The first-order chi connectivity index (χ1) is 11.7. The van der Waals surface area contributed by atoms with Gasteiger partial charge >= 0.3 is 0 Å². The van der Waals surface area contributed by atoms with Crippen LogP contribution in [-0.2, 0) is 11.8 Å². The van der Waals surface area contributed by atoms with Crippen LogP contribution in [0, 0.1) is 0 Å². The topological polar surface area (TPSA) is 78.5 Å². The number of fused-ring (bicyclic) bond motifs is 1. The van der Waals surface area contributed by atoms with Gasteiger partial charge in [0.15, 0.2) is 0 Å². The van der Waals surface area contributed by atoms with Gasteiger partial charge in [-0.3, -0.25) is 4.68 Å². The fourth-order valence-corrected chi connectivity index (χ4v) is 2.44. The Balaban J connectivity index is 0.000000203. The molecule has 8 nitrogen and oxygen atoms in total. The molecule has 128 valence electrons. The van der Waals surface area contributed by atoms with Gasteiger partial charge in [-0.15, -0.1) is 0 Å². The van der Waals surface area contributed by atoms with Crippen LogP contribution in [0.5, 0.6) is 5.88 Å².